The van der Waals surface area contributed by atoms with E-state index in [4.69, 9.17) is 10.5 Å². The summed E-state index contributed by atoms with van der Waals surface area (Å²) in [5.41, 5.74) is 8.74. The summed E-state index contributed by atoms with van der Waals surface area (Å²) in [4.78, 5) is 0. The molecule has 0 aromatic heterocycles. The lowest BCUT2D eigenvalue weighted by Crippen LogP contribution is -2.08. The molecular weight excluding hydrogens is 241 g/mol. The number of aryl methyl sites for hydroxylation is 1. The van der Waals surface area contributed by atoms with Gasteiger partial charge in [0.1, 0.15) is 18.2 Å². The first-order valence-electron chi connectivity index (χ1n) is 6.30. The molecule has 1 atom stereocenters. The van der Waals surface area contributed by atoms with E-state index in [1.165, 1.54) is 12.1 Å². The molecular formula is C16H18FNO. The average Bonchev–Trinajstić information content (AvgIpc) is 2.38. The SMILES string of the molecule is Cc1cc(F)ccc1COc1ccccc1[C@@H](C)N. The Hall–Kier alpha value is -1.87. The number of hydrogen-bond acceptors (Lipinski definition) is 2. The van der Waals surface area contributed by atoms with Crippen LogP contribution in [0.25, 0.3) is 0 Å². The topological polar surface area (TPSA) is 35.2 Å². The molecule has 0 aliphatic carbocycles. The first-order chi connectivity index (χ1) is 9.08. The van der Waals surface area contributed by atoms with Gasteiger partial charge >= 0.3 is 0 Å². The minimum atomic E-state index is -0.225. The van der Waals surface area contributed by atoms with Gasteiger partial charge in [0.05, 0.1) is 0 Å². The van der Waals surface area contributed by atoms with Gasteiger partial charge in [-0.05, 0) is 43.2 Å². The minimum absolute atomic E-state index is 0.0782. The summed E-state index contributed by atoms with van der Waals surface area (Å²) in [6, 6.07) is 12.3. The van der Waals surface area contributed by atoms with E-state index in [1.54, 1.807) is 6.07 Å². The third-order valence-electron chi connectivity index (χ3n) is 3.10. The fraction of sp³-hybridized carbons (Fsp3) is 0.250. The third kappa shape index (κ3) is 3.32. The lowest BCUT2D eigenvalue weighted by Gasteiger charge is -2.14. The molecule has 0 heterocycles. The minimum Gasteiger partial charge on any atom is -0.489 e. The Bertz CT molecular complexity index is 566. The van der Waals surface area contributed by atoms with Crippen LogP contribution in [0.15, 0.2) is 42.5 Å². The van der Waals surface area contributed by atoms with Crippen LogP contribution < -0.4 is 10.5 Å². The second kappa shape index (κ2) is 5.85. The highest BCUT2D eigenvalue weighted by Gasteiger charge is 2.08. The molecule has 0 amide bonds. The van der Waals surface area contributed by atoms with Crippen LogP contribution in [0.2, 0.25) is 0 Å². The largest absolute Gasteiger partial charge is 0.489 e. The van der Waals surface area contributed by atoms with Crippen molar-refractivity contribution in [2.24, 2.45) is 5.73 Å². The summed E-state index contributed by atoms with van der Waals surface area (Å²) >= 11 is 0. The first-order valence-corrected chi connectivity index (χ1v) is 6.30. The quantitative estimate of drug-likeness (QED) is 0.908. The van der Waals surface area contributed by atoms with E-state index in [0.29, 0.717) is 6.61 Å². The molecule has 0 saturated carbocycles. The van der Waals surface area contributed by atoms with Crippen molar-refractivity contribution in [3.8, 4) is 5.75 Å². The Kier molecular flexibility index (Phi) is 4.17. The Labute approximate surface area is 113 Å². The van der Waals surface area contributed by atoms with E-state index in [9.17, 15) is 4.39 Å². The molecule has 2 N–H and O–H groups in total. The molecule has 0 unspecified atom stereocenters. The van der Waals surface area contributed by atoms with Crippen LogP contribution >= 0.6 is 0 Å². The van der Waals surface area contributed by atoms with Gasteiger partial charge < -0.3 is 10.5 Å². The monoisotopic (exact) mass is 259 g/mol. The van der Waals surface area contributed by atoms with Gasteiger partial charge in [0.15, 0.2) is 0 Å². The number of benzene rings is 2. The molecule has 0 radical (unpaired) electrons. The van der Waals surface area contributed by atoms with Crippen molar-refractivity contribution in [2.75, 3.05) is 0 Å². The predicted molar refractivity (Wildman–Crippen MR) is 74.5 cm³/mol. The highest BCUT2D eigenvalue weighted by atomic mass is 19.1. The van der Waals surface area contributed by atoms with E-state index < -0.39 is 0 Å². The predicted octanol–water partition coefficient (Wildman–Crippen LogP) is 3.73. The molecule has 2 rings (SSSR count). The second-order valence-corrected chi connectivity index (χ2v) is 4.69. The van der Waals surface area contributed by atoms with Gasteiger partial charge in [-0.2, -0.15) is 0 Å². The van der Waals surface area contributed by atoms with E-state index in [0.717, 1.165) is 22.4 Å². The Morgan fingerprint density at radius 2 is 1.95 bits per heavy atom. The Morgan fingerprint density at radius 3 is 2.63 bits per heavy atom. The van der Waals surface area contributed by atoms with E-state index >= 15 is 0 Å². The molecule has 3 heteroatoms. The zero-order valence-corrected chi connectivity index (χ0v) is 11.2. The molecule has 0 aliphatic heterocycles. The van der Waals surface area contributed by atoms with Crippen LogP contribution in [0.3, 0.4) is 0 Å². The molecule has 0 bridgehead atoms. The van der Waals surface area contributed by atoms with Crippen LogP contribution in [0.1, 0.15) is 29.7 Å². The van der Waals surface area contributed by atoms with Crippen molar-refractivity contribution in [1.29, 1.82) is 0 Å². The van der Waals surface area contributed by atoms with Crippen LogP contribution in [-0.4, -0.2) is 0 Å². The number of ether oxygens (including phenoxy) is 1. The highest BCUT2D eigenvalue weighted by Crippen LogP contribution is 2.24. The van der Waals surface area contributed by atoms with E-state index in [2.05, 4.69) is 0 Å². The van der Waals surface area contributed by atoms with Crippen molar-refractivity contribution < 1.29 is 9.13 Å². The van der Waals surface area contributed by atoms with Gasteiger partial charge in [0.25, 0.3) is 0 Å². The molecule has 0 fully saturated rings. The highest BCUT2D eigenvalue weighted by molar-refractivity contribution is 5.36. The zero-order chi connectivity index (χ0) is 13.8. The summed E-state index contributed by atoms with van der Waals surface area (Å²) < 4.78 is 18.8. The Morgan fingerprint density at radius 1 is 1.21 bits per heavy atom. The molecule has 0 spiro atoms. The maximum absolute atomic E-state index is 13.0. The summed E-state index contributed by atoms with van der Waals surface area (Å²) in [7, 11) is 0. The normalized spacial score (nSPS) is 12.2. The van der Waals surface area contributed by atoms with Gasteiger partial charge in [-0.3, -0.25) is 0 Å². The van der Waals surface area contributed by atoms with E-state index in [1.807, 2.05) is 38.1 Å². The van der Waals surface area contributed by atoms with Gasteiger partial charge in [-0.15, -0.1) is 0 Å². The second-order valence-electron chi connectivity index (χ2n) is 4.69. The first kappa shape index (κ1) is 13.6. The molecule has 2 nitrogen and oxygen atoms in total. The lowest BCUT2D eigenvalue weighted by molar-refractivity contribution is 0.300. The summed E-state index contributed by atoms with van der Waals surface area (Å²) in [5.74, 6) is 0.554. The smallest absolute Gasteiger partial charge is 0.124 e. The number of nitrogens with two attached hydrogens (primary N) is 1. The van der Waals surface area contributed by atoms with Crippen LogP contribution in [0.5, 0.6) is 5.75 Å². The lowest BCUT2D eigenvalue weighted by atomic mass is 10.1. The van der Waals surface area contributed by atoms with Crippen LogP contribution in [0, 0.1) is 12.7 Å². The standard InChI is InChI=1S/C16H18FNO/c1-11-9-14(17)8-7-13(11)10-19-16-6-4-3-5-15(16)12(2)18/h3-9,12H,10,18H2,1-2H3/t12-/m1/s1. The van der Waals surface area contributed by atoms with Gasteiger partial charge in [-0.1, -0.05) is 24.3 Å². The van der Waals surface area contributed by atoms with Gasteiger partial charge in [0.2, 0.25) is 0 Å². The number of halogens is 1. The fourth-order valence-corrected chi connectivity index (χ4v) is 1.96. The van der Waals surface area contributed by atoms with Crippen molar-refractivity contribution >= 4 is 0 Å². The average molecular weight is 259 g/mol. The molecule has 2 aromatic rings. The zero-order valence-electron chi connectivity index (χ0n) is 11.2. The molecule has 100 valence electrons. The summed E-state index contributed by atoms with van der Waals surface area (Å²) in [5, 5.41) is 0. The van der Waals surface area contributed by atoms with Crippen LogP contribution in [0.4, 0.5) is 4.39 Å². The van der Waals surface area contributed by atoms with E-state index in [-0.39, 0.29) is 11.9 Å². The summed E-state index contributed by atoms with van der Waals surface area (Å²) in [6.07, 6.45) is 0. The van der Waals surface area contributed by atoms with Crippen molar-refractivity contribution in [3.63, 3.8) is 0 Å². The fourth-order valence-electron chi connectivity index (χ4n) is 1.96. The molecule has 19 heavy (non-hydrogen) atoms. The van der Waals surface area contributed by atoms with Crippen molar-refractivity contribution in [3.05, 3.63) is 65.0 Å². The van der Waals surface area contributed by atoms with Crippen molar-refractivity contribution in [2.45, 2.75) is 26.5 Å². The third-order valence-corrected chi connectivity index (χ3v) is 3.10. The maximum Gasteiger partial charge on any atom is 0.124 e. The molecule has 0 aliphatic rings. The summed E-state index contributed by atoms with van der Waals surface area (Å²) in [6.45, 7) is 4.21. The number of rotatable bonds is 4. The van der Waals surface area contributed by atoms with Crippen LogP contribution in [-0.2, 0) is 6.61 Å². The number of hydrogen-bond donors (Lipinski definition) is 1. The maximum atomic E-state index is 13.0. The Balaban J connectivity index is 2.14. The van der Waals surface area contributed by atoms with Crippen molar-refractivity contribution in [1.82, 2.24) is 0 Å². The molecule has 0 saturated heterocycles. The molecule has 2 aromatic carbocycles. The number of para-hydroxylation sites is 1. The van der Waals surface area contributed by atoms with Gasteiger partial charge in [-0.25, -0.2) is 4.39 Å². The van der Waals surface area contributed by atoms with Gasteiger partial charge in [0, 0.05) is 11.6 Å².